The lowest BCUT2D eigenvalue weighted by Gasteiger charge is -2.26. The Morgan fingerprint density at radius 1 is 1.06 bits per heavy atom. The molecular formula is C26H22BrFN4OS. The van der Waals surface area contributed by atoms with Crippen molar-refractivity contribution in [3.63, 3.8) is 0 Å². The normalized spacial score (nSPS) is 17.6. The molecule has 1 fully saturated rings. The van der Waals surface area contributed by atoms with E-state index in [9.17, 15) is 4.39 Å². The lowest BCUT2D eigenvalue weighted by Crippen LogP contribution is -2.29. The predicted molar refractivity (Wildman–Crippen MR) is 141 cm³/mol. The topological polar surface area (TPSA) is 44.5 Å². The van der Waals surface area contributed by atoms with E-state index < -0.39 is 0 Å². The zero-order chi connectivity index (χ0) is 23.8. The van der Waals surface area contributed by atoms with E-state index >= 15 is 0 Å². The highest BCUT2D eigenvalue weighted by molar-refractivity contribution is 9.10. The van der Waals surface area contributed by atoms with Crippen LogP contribution in [0.3, 0.4) is 0 Å². The molecule has 1 aliphatic rings. The molecule has 0 aliphatic carbocycles. The van der Waals surface area contributed by atoms with Gasteiger partial charge in [-0.3, -0.25) is 4.98 Å². The second-order valence-corrected chi connectivity index (χ2v) is 9.47. The first-order valence-corrected chi connectivity index (χ1v) is 12.0. The third kappa shape index (κ3) is 4.19. The molecule has 0 amide bonds. The molecule has 4 aromatic rings. The van der Waals surface area contributed by atoms with Crippen LogP contribution in [-0.2, 0) is 0 Å². The van der Waals surface area contributed by atoms with Gasteiger partial charge in [0, 0.05) is 41.7 Å². The summed E-state index contributed by atoms with van der Waals surface area (Å²) in [5, 5.41) is 4.03. The van der Waals surface area contributed by atoms with Crippen LogP contribution in [0.25, 0.3) is 11.3 Å². The van der Waals surface area contributed by atoms with Crippen molar-refractivity contribution < 1.29 is 8.81 Å². The summed E-state index contributed by atoms with van der Waals surface area (Å²) in [4.78, 5) is 8.70. The molecule has 5 rings (SSSR count). The standard InChI is InChI=1S/C26H22BrFN4OS/c1-31(2)17-7-9-18(10-8-17)32-25(24(30-26(32)34)21-5-3-4-14-29-21)23-13-12-22(33-23)19-11-6-16(28)15-20(19)27/h3-15,24-25H,1-2H3,(H,30,34)/t24-,25-/m1/s1. The highest BCUT2D eigenvalue weighted by atomic mass is 79.9. The molecule has 2 aromatic carbocycles. The molecule has 5 nitrogen and oxygen atoms in total. The van der Waals surface area contributed by atoms with Gasteiger partial charge in [-0.15, -0.1) is 0 Å². The maximum Gasteiger partial charge on any atom is 0.174 e. The van der Waals surface area contributed by atoms with Gasteiger partial charge in [0.05, 0.1) is 11.7 Å². The highest BCUT2D eigenvalue weighted by Crippen LogP contribution is 2.43. The van der Waals surface area contributed by atoms with E-state index in [-0.39, 0.29) is 17.9 Å². The largest absolute Gasteiger partial charge is 0.459 e. The maximum absolute atomic E-state index is 13.6. The summed E-state index contributed by atoms with van der Waals surface area (Å²) in [5.41, 5.74) is 3.69. The summed E-state index contributed by atoms with van der Waals surface area (Å²) in [6.07, 6.45) is 1.77. The lowest BCUT2D eigenvalue weighted by molar-refractivity contribution is 0.439. The van der Waals surface area contributed by atoms with Crippen LogP contribution < -0.4 is 15.1 Å². The van der Waals surface area contributed by atoms with Crippen LogP contribution in [0, 0.1) is 5.82 Å². The van der Waals surface area contributed by atoms with Crippen molar-refractivity contribution in [1.29, 1.82) is 0 Å². The SMILES string of the molecule is CN(C)c1ccc(N2C(=S)N[C@H](c3ccccn3)[C@H]2c2ccc(-c3ccc(F)cc3Br)o2)cc1. The number of furan rings is 1. The summed E-state index contributed by atoms with van der Waals surface area (Å²) in [6, 6.07) is 22.0. The molecule has 8 heteroatoms. The van der Waals surface area contributed by atoms with Crippen molar-refractivity contribution in [3.05, 3.63) is 101 Å². The third-order valence-electron chi connectivity index (χ3n) is 5.86. The van der Waals surface area contributed by atoms with Crippen molar-refractivity contribution in [2.75, 3.05) is 23.9 Å². The maximum atomic E-state index is 13.6. The molecule has 2 atom stereocenters. The molecule has 3 heterocycles. The van der Waals surface area contributed by atoms with Crippen molar-refractivity contribution in [2.45, 2.75) is 12.1 Å². The quantitative estimate of drug-likeness (QED) is 0.294. The molecule has 2 aromatic heterocycles. The average molecular weight is 537 g/mol. The van der Waals surface area contributed by atoms with Crippen LogP contribution in [0.1, 0.15) is 23.5 Å². The van der Waals surface area contributed by atoms with Crippen molar-refractivity contribution in [2.24, 2.45) is 0 Å². The van der Waals surface area contributed by atoms with E-state index in [0.29, 0.717) is 15.3 Å². The molecule has 34 heavy (non-hydrogen) atoms. The number of nitrogens with one attached hydrogen (secondary N) is 1. The van der Waals surface area contributed by atoms with Crippen molar-refractivity contribution in [1.82, 2.24) is 10.3 Å². The number of anilines is 2. The molecule has 172 valence electrons. The number of hydrogen-bond donors (Lipinski definition) is 1. The van der Waals surface area contributed by atoms with Gasteiger partial charge >= 0.3 is 0 Å². The number of thiocarbonyl (C=S) groups is 1. The van der Waals surface area contributed by atoms with Crippen LogP contribution in [0.2, 0.25) is 0 Å². The number of rotatable bonds is 5. The van der Waals surface area contributed by atoms with Gasteiger partial charge in [-0.05, 0) is 94.9 Å². The Labute approximate surface area is 211 Å². The van der Waals surface area contributed by atoms with Crippen LogP contribution >= 0.6 is 28.1 Å². The summed E-state index contributed by atoms with van der Waals surface area (Å²) in [5.74, 6) is 1.06. The average Bonchev–Trinajstić information content (AvgIpc) is 3.44. The molecular weight excluding hydrogens is 515 g/mol. The number of benzene rings is 2. The van der Waals surface area contributed by atoms with Gasteiger partial charge < -0.3 is 19.5 Å². The van der Waals surface area contributed by atoms with Crippen molar-refractivity contribution in [3.8, 4) is 11.3 Å². The molecule has 1 saturated heterocycles. The van der Waals surface area contributed by atoms with Gasteiger partial charge in [-0.25, -0.2) is 4.39 Å². The Kier molecular flexibility index (Phi) is 6.10. The van der Waals surface area contributed by atoms with E-state index in [1.165, 1.54) is 12.1 Å². The Bertz CT molecular complexity index is 1330. The second-order valence-electron chi connectivity index (χ2n) is 8.23. The Balaban J connectivity index is 1.58. The van der Waals surface area contributed by atoms with Gasteiger partial charge in [0.15, 0.2) is 5.11 Å². The van der Waals surface area contributed by atoms with Crippen LogP contribution in [0.5, 0.6) is 0 Å². The van der Waals surface area contributed by atoms with E-state index in [4.69, 9.17) is 16.6 Å². The molecule has 1 N–H and O–H groups in total. The summed E-state index contributed by atoms with van der Waals surface area (Å²) < 4.78 is 20.6. The van der Waals surface area contributed by atoms with Crippen LogP contribution in [-0.4, -0.2) is 24.2 Å². The van der Waals surface area contributed by atoms with E-state index in [0.717, 1.165) is 28.4 Å². The smallest absolute Gasteiger partial charge is 0.174 e. The van der Waals surface area contributed by atoms with E-state index in [2.05, 4.69) is 60.3 Å². The molecule has 0 bridgehead atoms. The number of pyridine rings is 1. The Morgan fingerprint density at radius 2 is 1.85 bits per heavy atom. The summed E-state index contributed by atoms with van der Waals surface area (Å²) >= 11 is 9.23. The monoisotopic (exact) mass is 536 g/mol. The Hall–Kier alpha value is -3.23. The molecule has 0 radical (unpaired) electrons. The van der Waals surface area contributed by atoms with Gasteiger partial charge in [0.2, 0.25) is 0 Å². The van der Waals surface area contributed by atoms with Crippen LogP contribution in [0.4, 0.5) is 15.8 Å². The minimum Gasteiger partial charge on any atom is -0.459 e. The fraction of sp³-hybridized carbons (Fsp3) is 0.154. The molecule has 0 spiro atoms. The fourth-order valence-electron chi connectivity index (χ4n) is 4.18. The number of nitrogens with zero attached hydrogens (tertiary/aromatic N) is 3. The Morgan fingerprint density at radius 3 is 2.53 bits per heavy atom. The van der Waals surface area contributed by atoms with Gasteiger partial charge in [-0.1, -0.05) is 6.07 Å². The lowest BCUT2D eigenvalue weighted by atomic mass is 10.0. The van der Waals surface area contributed by atoms with Crippen LogP contribution in [0.15, 0.2) is 87.9 Å². The van der Waals surface area contributed by atoms with Gasteiger partial charge in [0.25, 0.3) is 0 Å². The zero-order valence-corrected chi connectivity index (χ0v) is 21.0. The second kappa shape index (κ2) is 9.19. The van der Waals surface area contributed by atoms with E-state index in [1.807, 2.05) is 44.4 Å². The first-order valence-electron chi connectivity index (χ1n) is 10.8. The fourth-order valence-corrected chi connectivity index (χ4v) is 5.07. The molecule has 0 unspecified atom stereocenters. The first kappa shape index (κ1) is 22.6. The summed E-state index contributed by atoms with van der Waals surface area (Å²) in [7, 11) is 4.02. The molecule has 0 saturated carbocycles. The number of halogens is 2. The van der Waals surface area contributed by atoms with E-state index in [1.54, 1.807) is 12.3 Å². The number of aromatic nitrogens is 1. The summed E-state index contributed by atoms with van der Waals surface area (Å²) in [6.45, 7) is 0. The van der Waals surface area contributed by atoms with Gasteiger partial charge in [0.1, 0.15) is 23.4 Å². The first-order chi connectivity index (χ1) is 16.4. The highest BCUT2D eigenvalue weighted by Gasteiger charge is 2.42. The molecule has 1 aliphatic heterocycles. The minimum absolute atomic E-state index is 0.210. The van der Waals surface area contributed by atoms with Gasteiger partial charge in [-0.2, -0.15) is 0 Å². The minimum atomic E-state index is -0.310. The third-order valence-corrected chi connectivity index (χ3v) is 6.83. The zero-order valence-electron chi connectivity index (χ0n) is 18.6. The predicted octanol–water partition coefficient (Wildman–Crippen LogP) is 6.49. The number of hydrogen-bond acceptors (Lipinski definition) is 4. The van der Waals surface area contributed by atoms with Crippen molar-refractivity contribution >= 4 is 44.6 Å².